The lowest BCUT2D eigenvalue weighted by Crippen LogP contribution is -2.44. The minimum atomic E-state index is -0.787. The molecule has 2 aromatic rings. The number of rotatable bonds is 4. The van der Waals surface area contributed by atoms with E-state index in [9.17, 15) is 9.59 Å². The summed E-state index contributed by atoms with van der Waals surface area (Å²) in [4.78, 5) is 30.1. The summed E-state index contributed by atoms with van der Waals surface area (Å²) in [6.07, 6.45) is 0.594. The van der Waals surface area contributed by atoms with Crippen molar-refractivity contribution >= 4 is 17.5 Å². The number of carbonyl (C=O) groups excluding carboxylic acids is 2. The highest BCUT2D eigenvalue weighted by Crippen LogP contribution is 2.54. The molecule has 0 unspecified atom stereocenters. The molecule has 28 heavy (non-hydrogen) atoms. The summed E-state index contributed by atoms with van der Waals surface area (Å²) < 4.78 is 5.41. The molecular formula is C22H25N3O3. The number of para-hydroxylation sites is 1. The van der Waals surface area contributed by atoms with Crippen molar-refractivity contribution in [2.24, 2.45) is 0 Å². The van der Waals surface area contributed by atoms with E-state index < -0.39 is 5.41 Å². The average Bonchev–Trinajstić information content (AvgIpc) is 3.21. The van der Waals surface area contributed by atoms with Crippen LogP contribution in [0.4, 0.5) is 5.69 Å². The van der Waals surface area contributed by atoms with Crippen LogP contribution in [-0.2, 0) is 15.0 Å². The summed E-state index contributed by atoms with van der Waals surface area (Å²) >= 11 is 0. The molecule has 0 radical (unpaired) electrons. The lowest BCUT2D eigenvalue weighted by molar-refractivity contribution is -0.134. The zero-order valence-electron chi connectivity index (χ0n) is 16.4. The second kappa shape index (κ2) is 6.95. The van der Waals surface area contributed by atoms with Crippen LogP contribution in [0.3, 0.4) is 0 Å². The highest BCUT2D eigenvalue weighted by Gasteiger charge is 2.59. The number of ether oxygens (including phenoxy) is 1. The third-order valence-corrected chi connectivity index (χ3v) is 5.77. The molecule has 2 heterocycles. The Labute approximate surface area is 165 Å². The van der Waals surface area contributed by atoms with Gasteiger partial charge in [0.25, 0.3) is 0 Å². The van der Waals surface area contributed by atoms with Gasteiger partial charge < -0.3 is 19.9 Å². The van der Waals surface area contributed by atoms with Crippen LogP contribution in [0.2, 0.25) is 0 Å². The molecule has 2 aliphatic rings. The minimum absolute atomic E-state index is 0.0203. The molecule has 4 rings (SSSR count). The van der Waals surface area contributed by atoms with Crippen molar-refractivity contribution in [1.82, 2.24) is 9.80 Å². The molecule has 0 aliphatic carbocycles. The minimum Gasteiger partial charge on any atom is -0.497 e. The highest BCUT2D eigenvalue weighted by molar-refractivity contribution is 6.07. The molecule has 2 atom stereocenters. The van der Waals surface area contributed by atoms with Gasteiger partial charge in [-0.1, -0.05) is 30.3 Å². The Morgan fingerprint density at radius 3 is 2.79 bits per heavy atom. The van der Waals surface area contributed by atoms with Crippen LogP contribution in [0.25, 0.3) is 0 Å². The van der Waals surface area contributed by atoms with E-state index in [-0.39, 0.29) is 17.9 Å². The molecule has 2 amide bonds. The van der Waals surface area contributed by atoms with E-state index in [1.54, 1.807) is 7.11 Å². The highest BCUT2D eigenvalue weighted by atomic mass is 16.5. The molecule has 2 aromatic carbocycles. The van der Waals surface area contributed by atoms with E-state index in [4.69, 9.17) is 4.74 Å². The lowest BCUT2D eigenvalue weighted by Gasteiger charge is -2.35. The van der Waals surface area contributed by atoms with Gasteiger partial charge in [-0.3, -0.25) is 9.59 Å². The maximum absolute atomic E-state index is 13.3. The zero-order chi connectivity index (χ0) is 19.9. The second-order valence-electron chi connectivity index (χ2n) is 7.73. The SMILES string of the molecule is COc1cccc([C@@H]2N(C(=O)CN(C)C)CC[C@]23C(=O)Nc2ccccc23)c1. The van der Waals surface area contributed by atoms with Gasteiger partial charge in [-0.05, 0) is 49.8 Å². The number of carbonyl (C=O) groups is 2. The summed E-state index contributed by atoms with van der Waals surface area (Å²) in [5, 5.41) is 3.04. The van der Waals surface area contributed by atoms with Gasteiger partial charge in [0.05, 0.1) is 19.7 Å². The number of methoxy groups -OCH3 is 1. The van der Waals surface area contributed by atoms with E-state index in [1.165, 1.54) is 0 Å². The van der Waals surface area contributed by atoms with Crippen molar-refractivity contribution in [2.45, 2.75) is 17.9 Å². The normalized spacial score (nSPS) is 23.2. The summed E-state index contributed by atoms with van der Waals surface area (Å²) in [6.45, 7) is 0.843. The zero-order valence-corrected chi connectivity index (χ0v) is 16.4. The Kier molecular flexibility index (Phi) is 4.59. The van der Waals surface area contributed by atoms with Gasteiger partial charge in [0.15, 0.2) is 0 Å². The molecular weight excluding hydrogens is 354 g/mol. The van der Waals surface area contributed by atoms with E-state index >= 15 is 0 Å². The first-order valence-corrected chi connectivity index (χ1v) is 9.46. The smallest absolute Gasteiger partial charge is 0.237 e. The van der Waals surface area contributed by atoms with Gasteiger partial charge in [0.1, 0.15) is 11.2 Å². The maximum Gasteiger partial charge on any atom is 0.237 e. The Morgan fingerprint density at radius 1 is 1.25 bits per heavy atom. The van der Waals surface area contributed by atoms with Crippen molar-refractivity contribution < 1.29 is 14.3 Å². The van der Waals surface area contributed by atoms with Crippen molar-refractivity contribution in [3.05, 3.63) is 59.7 Å². The maximum atomic E-state index is 13.3. The second-order valence-corrected chi connectivity index (χ2v) is 7.73. The number of likely N-dealkylation sites (N-methyl/N-ethyl adjacent to an activating group) is 1. The largest absolute Gasteiger partial charge is 0.497 e. The van der Waals surface area contributed by atoms with E-state index in [0.717, 1.165) is 16.8 Å². The van der Waals surface area contributed by atoms with Gasteiger partial charge in [-0.2, -0.15) is 0 Å². The summed E-state index contributed by atoms with van der Waals surface area (Å²) in [5.74, 6) is 0.694. The predicted octanol–water partition coefficient (Wildman–Crippen LogP) is 2.42. The topological polar surface area (TPSA) is 61.9 Å². The van der Waals surface area contributed by atoms with Crippen LogP contribution < -0.4 is 10.1 Å². The van der Waals surface area contributed by atoms with E-state index in [0.29, 0.717) is 25.3 Å². The van der Waals surface area contributed by atoms with Crippen LogP contribution in [0.15, 0.2) is 48.5 Å². The number of benzene rings is 2. The number of fused-ring (bicyclic) bond motifs is 2. The van der Waals surface area contributed by atoms with Crippen molar-refractivity contribution in [1.29, 1.82) is 0 Å². The first-order valence-electron chi connectivity index (χ1n) is 9.46. The number of likely N-dealkylation sites (tertiary alicyclic amines) is 1. The lowest BCUT2D eigenvalue weighted by atomic mass is 9.72. The molecule has 2 aliphatic heterocycles. The monoisotopic (exact) mass is 379 g/mol. The average molecular weight is 379 g/mol. The molecule has 0 saturated carbocycles. The number of anilines is 1. The fraction of sp³-hybridized carbons (Fsp3) is 0.364. The molecule has 1 fully saturated rings. The van der Waals surface area contributed by atoms with Crippen molar-refractivity contribution in [3.63, 3.8) is 0 Å². The quantitative estimate of drug-likeness (QED) is 0.886. The molecule has 1 saturated heterocycles. The Bertz CT molecular complexity index is 927. The third-order valence-electron chi connectivity index (χ3n) is 5.77. The third kappa shape index (κ3) is 2.76. The molecule has 0 bridgehead atoms. The summed E-state index contributed by atoms with van der Waals surface area (Å²) in [6, 6.07) is 15.1. The van der Waals surface area contributed by atoms with Gasteiger partial charge >= 0.3 is 0 Å². The number of hydrogen-bond donors (Lipinski definition) is 1. The number of nitrogens with one attached hydrogen (secondary N) is 1. The Hall–Kier alpha value is -2.86. The molecule has 1 spiro atoms. The molecule has 146 valence electrons. The Morgan fingerprint density at radius 2 is 2.04 bits per heavy atom. The van der Waals surface area contributed by atoms with Crippen LogP contribution in [-0.4, -0.2) is 55.9 Å². The van der Waals surface area contributed by atoms with Crippen molar-refractivity contribution in [2.75, 3.05) is 39.6 Å². The summed E-state index contributed by atoms with van der Waals surface area (Å²) in [7, 11) is 5.37. The molecule has 6 heteroatoms. The van der Waals surface area contributed by atoms with Crippen LogP contribution in [0, 0.1) is 0 Å². The first-order chi connectivity index (χ1) is 13.5. The fourth-order valence-corrected chi connectivity index (χ4v) is 4.59. The van der Waals surface area contributed by atoms with Gasteiger partial charge in [-0.25, -0.2) is 0 Å². The fourth-order valence-electron chi connectivity index (χ4n) is 4.59. The van der Waals surface area contributed by atoms with Crippen LogP contribution >= 0.6 is 0 Å². The van der Waals surface area contributed by atoms with Gasteiger partial charge in [0, 0.05) is 12.2 Å². The van der Waals surface area contributed by atoms with Gasteiger partial charge in [0.2, 0.25) is 11.8 Å². The van der Waals surface area contributed by atoms with E-state index in [1.807, 2.05) is 72.4 Å². The van der Waals surface area contributed by atoms with Crippen molar-refractivity contribution in [3.8, 4) is 5.75 Å². The molecule has 1 N–H and O–H groups in total. The molecule has 6 nitrogen and oxygen atoms in total. The standard InChI is InChI=1S/C22H25N3O3/c1-24(2)14-19(26)25-12-11-22(17-9-4-5-10-18(17)23-21(22)27)20(25)15-7-6-8-16(13-15)28-3/h4-10,13,20H,11-12,14H2,1-3H3,(H,23,27)/t20-,22+/m0/s1. The van der Waals surface area contributed by atoms with Crippen LogP contribution in [0.1, 0.15) is 23.6 Å². The number of hydrogen-bond acceptors (Lipinski definition) is 4. The number of nitrogens with zero attached hydrogens (tertiary/aromatic N) is 2. The van der Waals surface area contributed by atoms with E-state index in [2.05, 4.69) is 5.32 Å². The summed E-state index contributed by atoms with van der Waals surface area (Å²) in [5.41, 5.74) is 1.93. The van der Waals surface area contributed by atoms with Crippen LogP contribution in [0.5, 0.6) is 5.75 Å². The first kappa shape index (κ1) is 18.5. The number of amides is 2. The Balaban J connectivity index is 1.87. The van der Waals surface area contributed by atoms with Gasteiger partial charge in [-0.15, -0.1) is 0 Å². The molecule has 0 aromatic heterocycles. The predicted molar refractivity (Wildman–Crippen MR) is 107 cm³/mol.